The molecule has 0 saturated carbocycles. The molecule has 2 aromatic heterocycles. The minimum Gasteiger partial charge on any atom is -0.366 e. The van der Waals surface area contributed by atoms with Crippen LogP contribution >= 0.6 is 0 Å². The molecule has 2 heterocycles. The van der Waals surface area contributed by atoms with Gasteiger partial charge in [0.15, 0.2) is 5.79 Å². The van der Waals surface area contributed by atoms with Crippen LogP contribution in [0.3, 0.4) is 0 Å². The summed E-state index contributed by atoms with van der Waals surface area (Å²) < 4.78 is 2.24. The quantitative estimate of drug-likeness (QED) is 0.837. The lowest BCUT2D eigenvalue weighted by Crippen LogP contribution is -2.15. The van der Waals surface area contributed by atoms with Crippen LogP contribution in [0.1, 0.15) is 38.4 Å². The number of aliphatic hydroxyl groups is 2. The largest absolute Gasteiger partial charge is 0.366 e. The van der Waals surface area contributed by atoms with Crippen LogP contribution in [0.4, 0.5) is 0 Å². The highest BCUT2D eigenvalue weighted by Crippen LogP contribution is 2.31. The molecule has 0 amide bonds. The lowest BCUT2D eigenvalue weighted by atomic mass is 10.2. The monoisotopic (exact) mass is 301 g/mol. The second-order valence-corrected chi connectivity index (χ2v) is 5.97. The minimum atomic E-state index is -1.50. The van der Waals surface area contributed by atoms with Gasteiger partial charge in [0, 0.05) is 11.6 Å². The third kappa shape index (κ3) is 4.02. The Morgan fingerprint density at radius 3 is 2.64 bits per heavy atom. The number of hydrogen-bond donors (Lipinski definition) is 2. The van der Waals surface area contributed by atoms with Crippen LogP contribution in [-0.2, 0) is 0 Å². The standard InChI is InChI=1S/C14H15N3.C3H8O2/c1-3-11-4-5-12(8-11)17-7-6-13-10(2)15-9-16-14(13)17;1-3(2,4)5/h3,6-9,12H,1,4-5H2,2H3;4-5H,1-2H3. The zero-order chi connectivity index (χ0) is 16.3. The third-order valence-corrected chi connectivity index (χ3v) is 3.46. The maximum atomic E-state index is 8.08. The molecule has 0 saturated heterocycles. The Hall–Kier alpha value is -1.98. The van der Waals surface area contributed by atoms with E-state index in [9.17, 15) is 0 Å². The van der Waals surface area contributed by atoms with Gasteiger partial charge in [-0.3, -0.25) is 0 Å². The number of aromatic nitrogens is 3. The molecule has 0 aliphatic heterocycles. The summed E-state index contributed by atoms with van der Waals surface area (Å²) in [4.78, 5) is 8.62. The number of fused-ring (bicyclic) bond motifs is 1. The lowest BCUT2D eigenvalue weighted by Gasteiger charge is -2.10. The zero-order valence-corrected chi connectivity index (χ0v) is 13.3. The summed E-state index contributed by atoms with van der Waals surface area (Å²) in [5.41, 5.74) is 3.41. The average Bonchev–Trinajstić information content (AvgIpc) is 3.02. The Labute approximate surface area is 130 Å². The third-order valence-electron chi connectivity index (χ3n) is 3.46. The number of allylic oxidation sites excluding steroid dienone is 3. The second kappa shape index (κ2) is 6.42. The predicted octanol–water partition coefficient (Wildman–Crippen LogP) is 2.89. The second-order valence-electron chi connectivity index (χ2n) is 5.97. The van der Waals surface area contributed by atoms with Crippen LogP contribution in [0, 0.1) is 6.92 Å². The Morgan fingerprint density at radius 2 is 2.05 bits per heavy atom. The van der Waals surface area contributed by atoms with E-state index < -0.39 is 5.79 Å². The van der Waals surface area contributed by atoms with Crippen molar-refractivity contribution in [3.8, 4) is 0 Å². The topological polar surface area (TPSA) is 71.2 Å². The van der Waals surface area contributed by atoms with Gasteiger partial charge in [-0.1, -0.05) is 24.3 Å². The normalized spacial score (nSPS) is 17.9. The van der Waals surface area contributed by atoms with Crippen LogP contribution in [0.5, 0.6) is 0 Å². The van der Waals surface area contributed by atoms with Gasteiger partial charge in [-0.15, -0.1) is 0 Å². The molecule has 0 spiro atoms. The number of hydrogen-bond acceptors (Lipinski definition) is 4. The van der Waals surface area contributed by atoms with Crippen LogP contribution in [-0.4, -0.2) is 30.5 Å². The zero-order valence-electron chi connectivity index (χ0n) is 13.3. The Balaban J connectivity index is 0.000000309. The SMILES string of the molecule is C=CC1=CC(n2ccc3c(C)ncnc32)CC1.CC(C)(O)O. The Kier molecular flexibility index (Phi) is 4.78. The van der Waals surface area contributed by atoms with Gasteiger partial charge in [0.25, 0.3) is 0 Å². The van der Waals surface area contributed by atoms with Crippen molar-refractivity contribution in [3.63, 3.8) is 0 Å². The highest BCUT2D eigenvalue weighted by atomic mass is 16.5. The summed E-state index contributed by atoms with van der Waals surface area (Å²) in [6.07, 6.45) is 10.2. The molecule has 0 aromatic carbocycles. The van der Waals surface area contributed by atoms with Crippen LogP contribution < -0.4 is 0 Å². The van der Waals surface area contributed by atoms with Crippen molar-refractivity contribution in [2.24, 2.45) is 0 Å². The van der Waals surface area contributed by atoms with E-state index in [0.29, 0.717) is 6.04 Å². The van der Waals surface area contributed by atoms with Gasteiger partial charge in [0.05, 0.1) is 11.7 Å². The van der Waals surface area contributed by atoms with Gasteiger partial charge in [0.1, 0.15) is 12.0 Å². The van der Waals surface area contributed by atoms with Crippen molar-refractivity contribution in [2.45, 2.75) is 45.4 Å². The molecule has 2 N–H and O–H groups in total. The molecular weight excluding hydrogens is 278 g/mol. The Morgan fingerprint density at radius 1 is 1.36 bits per heavy atom. The van der Waals surface area contributed by atoms with Gasteiger partial charge in [-0.05, 0) is 39.7 Å². The molecule has 1 unspecified atom stereocenters. The minimum absolute atomic E-state index is 0.412. The van der Waals surface area contributed by atoms with Gasteiger partial charge in [-0.2, -0.15) is 0 Å². The van der Waals surface area contributed by atoms with E-state index in [0.717, 1.165) is 29.6 Å². The molecule has 5 heteroatoms. The molecule has 3 rings (SSSR count). The first-order valence-corrected chi connectivity index (χ1v) is 7.35. The molecule has 0 radical (unpaired) electrons. The lowest BCUT2D eigenvalue weighted by molar-refractivity contribution is -0.127. The number of rotatable bonds is 2. The van der Waals surface area contributed by atoms with Crippen molar-refractivity contribution in [2.75, 3.05) is 0 Å². The molecule has 5 nitrogen and oxygen atoms in total. The summed E-state index contributed by atoms with van der Waals surface area (Å²) in [5.74, 6) is -1.50. The Bertz CT molecular complexity index is 689. The van der Waals surface area contributed by atoms with Crippen LogP contribution in [0.2, 0.25) is 0 Å². The van der Waals surface area contributed by atoms with Crippen molar-refractivity contribution in [1.82, 2.24) is 14.5 Å². The molecule has 118 valence electrons. The maximum absolute atomic E-state index is 8.08. The fraction of sp³-hybridized carbons (Fsp3) is 0.412. The van der Waals surface area contributed by atoms with E-state index in [1.165, 1.54) is 19.4 Å². The van der Waals surface area contributed by atoms with E-state index in [1.54, 1.807) is 6.33 Å². The van der Waals surface area contributed by atoms with E-state index >= 15 is 0 Å². The van der Waals surface area contributed by atoms with Crippen molar-refractivity contribution in [3.05, 3.63) is 48.6 Å². The smallest absolute Gasteiger partial charge is 0.156 e. The summed E-state index contributed by atoms with van der Waals surface area (Å²) in [6, 6.07) is 2.51. The summed E-state index contributed by atoms with van der Waals surface area (Å²) >= 11 is 0. The molecule has 1 atom stereocenters. The highest BCUT2D eigenvalue weighted by Gasteiger charge is 2.18. The summed E-state index contributed by atoms with van der Waals surface area (Å²) in [7, 11) is 0. The molecule has 0 fully saturated rings. The summed E-state index contributed by atoms with van der Waals surface area (Å²) in [6.45, 7) is 8.45. The summed E-state index contributed by atoms with van der Waals surface area (Å²) in [5, 5.41) is 17.3. The fourth-order valence-electron chi connectivity index (χ4n) is 2.48. The average molecular weight is 301 g/mol. The predicted molar refractivity (Wildman–Crippen MR) is 87.3 cm³/mol. The molecule has 1 aliphatic rings. The van der Waals surface area contributed by atoms with Crippen molar-refractivity contribution < 1.29 is 10.2 Å². The maximum Gasteiger partial charge on any atom is 0.156 e. The van der Waals surface area contributed by atoms with E-state index in [-0.39, 0.29) is 0 Å². The number of nitrogens with zero attached hydrogens (tertiary/aromatic N) is 3. The van der Waals surface area contributed by atoms with Gasteiger partial charge >= 0.3 is 0 Å². The molecule has 1 aliphatic carbocycles. The molecular formula is C17H23N3O2. The van der Waals surface area contributed by atoms with Gasteiger partial charge in [0.2, 0.25) is 0 Å². The first-order chi connectivity index (χ1) is 10.3. The first-order valence-electron chi connectivity index (χ1n) is 7.35. The van der Waals surface area contributed by atoms with E-state index in [1.807, 2.05) is 13.0 Å². The first kappa shape index (κ1) is 16.4. The number of aryl methyl sites for hydroxylation is 1. The van der Waals surface area contributed by atoms with Crippen LogP contribution in [0.25, 0.3) is 11.0 Å². The van der Waals surface area contributed by atoms with E-state index in [4.69, 9.17) is 10.2 Å². The van der Waals surface area contributed by atoms with E-state index in [2.05, 4.69) is 39.5 Å². The molecule has 2 aromatic rings. The fourth-order valence-corrected chi connectivity index (χ4v) is 2.48. The van der Waals surface area contributed by atoms with Gasteiger partial charge < -0.3 is 14.8 Å². The van der Waals surface area contributed by atoms with Crippen LogP contribution in [0.15, 0.2) is 42.9 Å². The molecule has 22 heavy (non-hydrogen) atoms. The van der Waals surface area contributed by atoms with Crippen molar-refractivity contribution >= 4 is 11.0 Å². The van der Waals surface area contributed by atoms with Crippen molar-refractivity contribution in [1.29, 1.82) is 0 Å². The highest BCUT2D eigenvalue weighted by molar-refractivity contribution is 5.78. The van der Waals surface area contributed by atoms with Gasteiger partial charge in [-0.25, -0.2) is 9.97 Å². The molecule has 0 bridgehead atoms.